The molecule has 0 bridgehead atoms. The van der Waals surface area contributed by atoms with Crippen LogP contribution in [-0.4, -0.2) is 10.4 Å². The minimum absolute atomic E-state index is 0.228. The van der Waals surface area contributed by atoms with Gasteiger partial charge in [0.15, 0.2) is 5.75 Å². The highest BCUT2D eigenvalue weighted by Gasteiger charge is 2.21. The lowest BCUT2D eigenvalue weighted by Crippen LogP contribution is -2.15. The Hall–Kier alpha value is -0.350. The first-order valence-corrected chi connectivity index (χ1v) is 5.97. The van der Waals surface area contributed by atoms with Gasteiger partial charge in [-0.05, 0) is 24.6 Å². The van der Waals surface area contributed by atoms with E-state index in [1.165, 1.54) is 12.1 Å². The van der Waals surface area contributed by atoms with Crippen LogP contribution in [0.15, 0.2) is 29.1 Å². The first-order valence-electron chi connectivity index (χ1n) is 4.06. The summed E-state index contributed by atoms with van der Waals surface area (Å²) >= 11 is 6.86. The zero-order valence-electron chi connectivity index (χ0n) is 7.63. The molecule has 0 saturated carbocycles. The zero-order valence-corrected chi connectivity index (χ0v) is 10.8. The van der Waals surface area contributed by atoms with Crippen LogP contribution < -0.4 is 5.43 Å². The molecule has 76 valence electrons. The molecule has 0 saturated heterocycles. The highest BCUT2D eigenvalue weighted by Crippen LogP contribution is 2.31. The third kappa shape index (κ3) is 2.58. The molecule has 0 aliphatic rings. The Morgan fingerprint density at radius 2 is 2.14 bits per heavy atom. The monoisotopic (exact) mass is 320 g/mol. The molecular formula is C10H10Br2O2. The average molecular weight is 322 g/mol. The fourth-order valence-electron chi connectivity index (χ4n) is 0.990. The predicted octanol–water partition coefficient (Wildman–Crippen LogP) is 2.76. The predicted molar refractivity (Wildman–Crippen MR) is 64.4 cm³/mol. The van der Waals surface area contributed by atoms with Crippen molar-refractivity contribution >= 4 is 31.9 Å². The van der Waals surface area contributed by atoms with Crippen LogP contribution in [0.2, 0.25) is 0 Å². The first kappa shape index (κ1) is 11.7. The molecule has 2 nitrogen and oxygen atoms in total. The van der Waals surface area contributed by atoms with Crippen LogP contribution in [0.3, 0.4) is 0 Å². The smallest absolute Gasteiger partial charge is 0.220 e. The molecule has 0 aliphatic heterocycles. The number of rotatable bonds is 2. The maximum atomic E-state index is 11.3. The van der Waals surface area contributed by atoms with Gasteiger partial charge in [0.1, 0.15) is 0 Å². The number of aromatic hydroxyl groups is 1. The van der Waals surface area contributed by atoms with Crippen molar-refractivity contribution in [3.63, 3.8) is 0 Å². The number of alkyl halides is 2. The van der Waals surface area contributed by atoms with Gasteiger partial charge in [0.25, 0.3) is 0 Å². The third-order valence-electron chi connectivity index (χ3n) is 1.92. The molecule has 1 aromatic rings. The maximum absolute atomic E-state index is 11.3. The second-order valence-corrected chi connectivity index (χ2v) is 5.52. The second kappa shape index (κ2) is 4.45. The van der Waals surface area contributed by atoms with E-state index in [9.17, 15) is 9.90 Å². The minimum Gasteiger partial charge on any atom is -0.504 e. The Kier molecular flexibility index (Phi) is 3.72. The van der Waals surface area contributed by atoms with Crippen molar-refractivity contribution in [2.24, 2.45) is 0 Å². The van der Waals surface area contributed by atoms with Gasteiger partial charge < -0.3 is 5.11 Å². The summed E-state index contributed by atoms with van der Waals surface area (Å²) in [4.78, 5) is 11.3. The maximum Gasteiger partial charge on any atom is 0.220 e. The van der Waals surface area contributed by atoms with Gasteiger partial charge in [-0.1, -0.05) is 44.0 Å². The minimum atomic E-state index is -0.364. The van der Waals surface area contributed by atoms with Crippen molar-refractivity contribution in [3.05, 3.63) is 40.1 Å². The molecule has 1 atom stereocenters. The summed E-state index contributed by atoms with van der Waals surface area (Å²) < 4.78 is -0.294. The van der Waals surface area contributed by atoms with Crippen LogP contribution in [0, 0.1) is 0 Å². The molecule has 1 rings (SSSR count). The second-order valence-electron chi connectivity index (χ2n) is 3.21. The largest absolute Gasteiger partial charge is 0.504 e. The number of hydrogen-bond acceptors (Lipinski definition) is 2. The first-order chi connectivity index (χ1) is 6.47. The standard InChI is InChI=1S/C10H10Br2O2/c1-10(12,6-11)7-3-2-4-8(13)9(14)5-7/h2-5H,6H2,1H3,(H,13,14). The van der Waals surface area contributed by atoms with Crippen molar-refractivity contribution < 1.29 is 5.11 Å². The Labute approximate surface area is 99.2 Å². The van der Waals surface area contributed by atoms with E-state index in [1.54, 1.807) is 12.1 Å². The van der Waals surface area contributed by atoms with E-state index in [-0.39, 0.29) is 15.5 Å². The summed E-state index contributed by atoms with van der Waals surface area (Å²) in [5.74, 6) is -0.228. The van der Waals surface area contributed by atoms with E-state index in [2.05, 4.69) is 31.9 Å². The van der Waals surface area contributed by atoms with Gasteiger partial charge >= 0.3 is 0 Å². The third-order valence-corrected chi connectivity index (χ3v) is 4.53. The molecule has 14 heavy (non-hydrogen) atoms. The van der Waals surface area contributed by atoms with Gasteiger partial charge in [0, 0.05) is 5.33 Å². The van der Waals surface area contributed by atoms with Crippen LogP contribution >= 0.6 is 31.9 Å². The van der Waals surface area contributed by atoms with Crippen LogP contribution in [0.4, 0.5) is 0 Å². The summed E-state index contributed by atoms with van der Waals surface area (Å²) in [6.45, 7) is 1.95. The highest BCUT2D eigenvalue weighted by molar-refractivity contribution is 9.12. The van der Waals surface area contributed by atoms with Gasteiger partial charge in [-0.2, -0.15) is 0 Å². The van der Waals surface area contributed by atoms with E-state index >= 15 is 0 Å². The normalized spacial score (nSPS) is 14.8. The fourth-order valence-corrected chi connectivity index (χ4v) is 1.56. The number of halogens is 2. The molecular weight excluding hydrogens is 312 g/mol. The van der Waals surface area contributed by atoms with E-state index in [0.29, 0.717) is 5.33 Å². The molecule has 0 radical (unpaired) electrons. The lowest BCUT2D eigenvalue weighted by Gasteiger charge is -2.18. The molecule has 0 aromatic heterocycles. The lowest BCUT2D eigenvalue weighted by molar-refractivity contribution is 0.471. The molecule has 1 aromatic carbocycles. The lowest BCUT2D eigenvalue weighted by atomic mass is 10.1. The zero-order chi connectivity index (χ0) is 10.8. The Bertz CT molecular complexity index is 388. The van der Waals surface area contributed by atoms with E-state index in [0.717, 1.165) is 5.56 Å². The van der Waals surface area contributed by atoms with Crippen LogP contribution in [0.25, 0.3) is 0 Å². The van der Waals surface area contributed by atoms with Crippen molar-refractivity contribution in [2.75, 3.05) is 5.33 Å². The van der Waals surface area contributed by atoms with Gasteiger partial charge in [-0.15, -0.1) is 0 Å². The molecule has 0 fully saturated rings. The summed E-state index contributed by atoms with van der Waals surface area (Å²) in [5, 5.41) is 9.89. The molecule has 1 N–H and O–H groups in total. The van der Waals surface area contributed by atoms with Crippen LogP contribution in [0.5, 0.6) is 5.75 Å². The summed E-state index contributed by atoms with van der Waals surface area (Å²) in [6.07, 6.45) is 0. The van der Waals surface area contributed by atoms with Crippen molar-refractivity contribution in [1.29, 1.82) is 0 Å². The quantitative estimate of drug-likeness (QED) is 0.850. The summed E-state index contributed by atoms with van der Waals surface area (Å²) in [7, 11) is 0. The summed E-state index contributed by atoms with van der Waals surface area (Å²) in [5.41, 5.74) is 0.469. The molecule has 0 amide bonds. The topological polar surface area (TPSA) is 37.3 Å². The van der Waals surface area contributed by atoms with Gasteiger partial charge in [-0.25, -0.2) is 0 Å². The van der Waals surface area contributed by atoms with Gasteiger partial charge in [-0.3, -0.25) is 4.79 Å². The molecule has 1 unspecified atom stereocenters. The average Bonchev–Trinajstić information content (AvgIpc) is 2.30. The van der Waals surface area contributed by atoms with Gasteiger partial charge in [0.2, 0.25) is 5.43 Å². The van der Waals surface area contributed by atoms with Crippen LogP contribution in [0.1, 0.15) is 12.5 Å². The van der Waals surface area contributed by atoms with Gasteiger partial charge in [0.05, 0.1) is 4.32 Å². The number of hydrogen-bond donors (Lipinski definition) is 1. The SMILES string of the molecule is CC(Br)(CBr)c1cccc(O)c(=O)c1. The molecule has 0 aliphatic carbocycles. The van der Waals surface area contributed by atoms with E-state index < -0.39 is 0 Å². The molecule has 4 heteroatoms. The molecule has 0 spiro atoms. The van der Waals surface area contributed by atoms with Crippen LogP contribution in [-0.2, 0) is 4.32 Å². The molecule has 0 heterocycles. The Balaban J connectivity index is 3.34. The Morgan fingerprint density at radius 3 is 2.71 bits per heavy atom. The van der Waals surface area contributed by atoms with Crippen molar-refractivity contribution in [1.82, 2.24) is 0 Å². The van der Waals surface area contributed by atoms with Crippen molar-refractivity contribution in [2.45, 2.75) is 11.2 Å². The Morgan fingerprint density at radius 1 is 1.50 bits per heavy atom. The summed E-state index contributed by atoms with van der Waals surface area (Å²) in [6, 6.07) is 6.29. The van der Waals surface area contributed by atoms with Crippen molar-refractivity contribution in [3.8, 4) is 5.75 Å². The fraction of sp³-hybridized carbons (Fsp3) is 0.300. The van der Waals surface area contributed by atoms with E-state index in [1.807, 2.05) is 6.92 Å². The van der Waals surface area contributed by atoms with E-state index in [4.69, 9.17) is 0 Å². The highest BCUT2D eigenvalue weighted by atomic mass is 79.9.